The maximum atomic E-state index is 13.0. The lowest BCUT2D eigenvalue weighted by Crippen LogP contribution is -2.44. The number of carbonyl (C=O) groups excluding carboxylic acids is 1. The number of likely N-dealkylation sites (tertiary alicyclic amines) is 1. The molecule has 1 amide bonds. The molecule has 5 rings (SSSR count). The molecule has 6 heteroatoms. The van der Waals surface area contributed by atoms with Crippen LogP contribution in [0.25, 0.3) is 11.4 Å². The van der Waals surface area contributed by atoms with Gasteiger partial charge in [0.25, 0.3) is 5.91 Å². The molecule has 1 fully saturated rings. The van der Waals surface area contributed by atoms with E-state index in [-0.39, 0.29) is 11.3 Å². The number of carbonyl (C=O) groups is 1. The number of rotatable bonds is 2. The molecule has 0 atom stereocenters. The molecule has 0 bridgehead atoms. The summed E-state index contributed by atoms with van der Waals surface area (Å²) in [6.45, 7) is 1.64. The van der Waals surface area contributed by atoms with Crippen LogP contribution in [-0.4, -0.2) is 44.1 Å². The van der Waals surface area contributed by atoms with Crippen molar-refractivity contribution in [2.24, 2.45) is 7.05 Å². The van der Waals surface area contributed by atoms with Gasteiger partial charge < -0.3 is 4.90 Å². The Labute approximate surface area is 164 Å². The summed E-state index contributed by atoms with van der Waals surface area (Å²) in [4.78, 5) is 16.4. The Morgan fingerprint density at radius 3 is 2.46 bits per heavy atom. The van der Waals surface area contributed by atoms with Gasteiger partial charge in [-0.25, -0.2) is 0 Å². The predicted octanol–water partition coefficient (Wildman–Crippen LogP) is 3.00. The number of aromatic nitrogens is 4. The molecule has 28 heavy (non-hydrogen) atoms. The Hall–Kier alpha value is -3.02. The Morgan fingerprint density at radius 1 is 1.00 bits per heavy atom. The highest BCUT2D eigenvalue weighted by Crippen LogP contribution is 2.46. The van der Waals surface area contributed by atoms with Crippen LogP contribution in [0.3, 0.4) is 0 Å². The largest absolute Gasteiger partial charge is 0.339 e. The molecule has 2 aliphatic rings. The number of hydrogen-bond donors (Lipinski definition) is 0. The van der Waals surface area contributed by atoms with E-state index >= 15 is 0 Å². The summed E-state index contributed by atoms with van der Waals surface area (Å²) in [5.41, 5.74) is 4.87. The molecular formula is C22H23N5O. The van der Waals surface area contributed by atoms with Crippen molar-refractivity contribution in [3.63, 3.8) is 0 Å². The third-order valence-electron chi connectivity index (χ3n) is 6.37. The molecule has 0 unspecified atom stereocenters. The van der Waals surface area contributed by atoms with Crippen LogP contribution in [0.1, 0.15) is 40.7 Å². The van der Waals surface area contributed by atoms with Crippen molar-refractivity contribution in [2.45, 2.75) is 31.1 Å². The zero-order valence-electron chi connectivity index (χ0n) is 16.0. The van der Waals surface area contributed by atoms with E-state index in [0.717, 1.165) is 37.1 Å². The van der Waals surface area contributed by atoms with Crippen molar-refractivity contribution >= 4 is 5.91 Å². The van der Waals surface area contributed by atoms with Gasteiger partial charge in [-0.2, -0.15) is 4.80 Å². The molecule has 142 valence electrons. The van der Waals surface area contributed by atoms with Crippen LogP contribution in [0.2, 0.25) is 0 Å². The molecular weight excluding hydrogens is 350 g/mol. The number of piperidine rings is 1. The van der Waals surface area contributed by atoms with Crippen molar-refractivity contribution in [3.8, 4) is 11.4 Å². The van der Waals surface area contributed by atoms with E-state index < -0.39 is 0 Å². The summed E-state index contributed by atoms with van der Waals surface area (Å²) in [7, 11) is 1.74. The molecule has 0 N–H and O–H groups in total. The molecule has 2 aromatic carbocycles. The fourth-order valence-corrected chi connectivity index (χ4v) is 4.77. The van der Waals surface area contributed by atoms with E-state index in [1.165, 1.54) is 28.8 Å². The molecule has 6 nitrogen and oxygen atoms in total. The van der Waals surface area contributed by atoms with Crippen molar-refractivity contribution in [3.05, 3.63) is 65.2 Å². The number of fused-ring (bicyclic) bond motifs is 2. The van der Waals surface area contributed by atoms with Gasteiger partial charge in [0.15, 0.2) is 0 Å². The second kappa shape index (κ2) is 6.55. The number of tetrazole rings is 1. The summed E-state index contributed by atoms with van der Waals surface area (Å²) in [6.07, 6.45) is 4.49. The Balaban J connectivity index is 1.29. The van der Waals surface area contributed by atoms with E-state index in [0.29, 0.717) is 5.82 Å². The number of benzene rings is 2. The number of aryl methyl sites for hydroxylation is 2. The van der Waals surface area contributed by atoms with Gasteiger partial charge in [-0.15, -0.1) is 10.2 Å². The lowest BCUT2D eigenvalue weighted by molar-refractivity contribution is 0.0666. The van der Waals surface area contributed by atoms with Gasteiger partial charge in [0.1, 0.15) is 0 Å². The van der Waals surface area contributed by atoms with Crippen molar-refractivity contribution < 1.29 is 4.79 Å². The molecule has 2 heterocycles. The highest BCUT2D eigenvalue weighted by molar-refractivity contribution is 5.94. The van der Waals surface area contributed by atoms with Crippen LogP contribution < -0.4 is 0 Å². The third kappa shape index (κ3) is 2.80. The lowest BCUT2D eigenvalue weighted by atomic mass is 9.74. The maximum absolute atomic E-state index is 13.0. The Kier molecular flexibility index (Phi) is 4.00. The summed E-state index contributed by atoms with van der Waals surface area (Å²) in [5.74, 6) is 0.682. The van der Waals surface area contributed by atoms with Gasteiger partial charge in [0, 0.05) is 24.2 Å². The van der Waals surface area contributed by atoms with Gasteiger partial charge in [0.2, 0.25) is 5.82 Å². The lowest BCUT2D eigenvalue weighted by Gasteiger charge is -2.40. The predicted molar refractivity (Wildman–Crippen MR) is 106 cm³/mol. The average Bonchev–Trinajstić information content (AvgIpc) is 3.33. The van der Waals surface area contributed by atoms with Gasteiger partial charge in [0.05, 0.1) is 7.05 Å². The topological polar surface area (TPSA) is 63.9 Å². The maximum Gasteiger partial charge on any atom is 0.253 e. The fraction of sp³-hybridized carbons (Fsp3) is 0.364. The Morgan fingerprint density at radius 2 is 1.75 bits per heavy atom. The molecule has 0 radical (unpaired) electrons. The van der Waals surface area contributed by atoms with E-state index in [1.54, 1.807) is 7.05 Å². The number of hydrogen-bond acceptors (Lipinski definition) is 4. The van der Waals surface area contributed by atoms with Crippen LogP contribution in [0.4, 0.5) is 0 Å². The molecule has 1 spiro atoms. The van der Waals surface area contributed by atoms with E-state index in [9.17, 15) is 4.79 Å². The van der Waals surface area contributed by atoms with Crippen molar-refractivity contribution in [2.75, 3.05) is 13.1 Å². The summed E-state index contributed by atoms with van der Waals surface area (Å²) in [5, 5.41) is 12.1. The third-order valence-corrected chi connectivity index (χ3v) is 6.37. The number of amides is 1. The van der Waals surface area contributed by atoms with Crippen molar-refractivity contribution in [1.29, 1.82) is 0 Å². The second-order valence-electron chi connectivity index (χ2n) is 7.91. The molecule has 1 aliphatic carbocycles. The van der Waals surface area contributed by atoms with Gasteiger partial charge in [-0.1, -0.05) is 36.4 Å². The quantitative estimate of drug-likeness (QED) is 0.693. The number of nitrogens with zero attached hydrogens (tertiary/aromatic N) is 5. The first-order chi connectivity index (χ1) is 13.6. The fourth-order valence-electron chi connectivity index (χ4n) is 4.77. The standard InChI is InChI=1S/C22H23N5O/c1-26-24-20(23-25-26)17-6-8-18(9-7-17)21(28)27-14-12-22(13-15-27)11-10-16-4-2-3-5-19(16)22/h2-9H,10-15H2,1H3. The first kappa shape index (κ1) is 17.1. The molecule has 0 saturated carbocycles. The molecule has 3 aromatic rings. The highest BCUT2D eigenvalue weighted by atomic mass is 16.2. The summed E-state index contributed by atoms with van der Waals surface area (Å²) >= 11 is 0. The molecule has 1 aliphatic heterocycles. The van der Waals surface area contributed by atoms with Gasteiger partial charge in [-0.05, 0) is 59.6 Å². The zero-order chi connectivity index (χ0) is 19.1. The van der Waals surface area contributed by atoms with E-state index in [4.69, 9.17) is 0 Å². The minimum absolute atomic E-state index is 0.111. The smallest absolute Gasteiger partial charge is 0.253 e. The minimum Gasteiger partial charge on any atom is -0.339 e. The minimum atomic E-state index is 0.111. The summed E-state index contributed by atoms with van der Waals surface area (Å²) in [6, 6.07) is 16.3. The first-order valence-electron chi connectivity index (χ1n) is 9.87. The van der Waals surface area contributed by atoms with Crippen LogP contribution in [0, 0.1) is 0 Å². The molecule has 1 saturated heterocycles. The first-order valence-corrected chi connectivity index (χ1v) is 9.87. The SMILES string of the molecule is Cn1nnc(-c2ccc(C(=O)N3CCC4(CCc5ccccc54)CC3)cc2)n1. The highest BCUT2D eigenvalue weighted by Gasteiger charge is 2.41. The monoisotopic (exact) mass is 373 g/mol. The second-order valence-corrected chi connectivity index (χ2v) is 7.91. The molecule has 1 aromatic heterocycles. The van der Waals surface area contributed by atoms with E-state index in [2.05, 4.69) is 39.7 Å². The zero-order valence-corrected chi connectivity index (χ0v) is 16.0. The van der Waals surface area contributed by atoms with Crippen LogP contribution >= 0.6 is 0 Å². The van der Waals surface area contributed by atoms with Crippen molar-refractivity contribution in [1.82, 2.24) is 25.1 Å². The van der Waals surface area contributed by atoms with Crippen LogP contribution in [-0.2, 0) is 18.9 Å². The Bertz CT molecular complexity index is 1020. The summed E-state index contributed by atoms with van der Waals surface area (Å²) < 4.78 is 0. The van der Waals surface area contributed by atoms with Crippen LogP contribution in [0.5, 0.6) is 0 Å². The van der Waals surface area contributed by atoms with E-state index in [1.807, 2.05) is 29.2 Å². The van der Waals surface area contributed by atoms with Crippen LogP contribution in [0.15, 0.2) is 48.5 Å². The average molecular weight is 373 g/mol. The normalized spacial score (nSPS) is 17.7. The van der Waals surface area contributed by atoms with Gasteiger partial charge in [-0.3, -0.25) is 4.79 Å². The van der Waals surface area contributed by atoms with Gasteiger partial charge >= 0.3 is 0 Å².